The van der Waals surface area contributed by atoms with Gasteiger partial charge in [-0.3, -0.25) is 0 Å². The van der Waals surface area contributed by atoms with Crippen LogP contribution in [0.5, 0.6) is 0 Å². The number of nitrogens with one attached hydrogen (secondary N) is 3. The molecule has 1 atom stereocenters. The van der Waals surface area contributed by atoms with Gasteiger partial charge in [0.05, 0.1) is 0 Å². The summed E-state index contributed by atoms with van der Waals surface area (Å²) in [6, 6.07) is 0. The zero-order valence-corrected chi connectivity index (χ0v) is 19.5. The van der Waals surface area contributed by atoms with Crippen LogP contribution in [-0.4, -0.2) is 33.4 Å². The van der Waals surface area contributed by atoms with E-state index in [1.165, 1.54) is 58.0 Å². The third kappa shape index (κ3) is 11.7. The first-order chi connectivity index (χ1) is 13.0. The van der Waals surface area contributed by atoms with Gasteiger partial charge in [-0.05, 0) is 82.5 Å². The average molecular weight is 380 g/mol. The molecule has 0 spiro atoms. The molecule has 0 aromatic rings. The largest absolute Gasteiger partial charge is 0.317 e. The summed E-state index contributed by atoms with van der Waals surface area (Å²) in [4.78, 5) is 0. The van der Waals surface area contributed by atoms with Crippen LogP contribution in [0.15, 0.2) is 23.8 Å². The predicted octanol–water partition coefficient (Wildman–Crippen LogP) is 5.65. The van der Waals surface area contributed by atoms with E-state index in [4.69, 9.17) is 0 Å². The van der Waals surface area contributed by atoms with Crippen LogP contribution in [0.1, 0.15) is 86.5 Å². The fourth-order valence-electron chi connectivity index (χ4n) is 3.72. The van der Waals surface area contributed by atoms with Gasteiger partial charge in [0.25, 0.3) is 0 Å². The molecule has 0 aromatic carbocycles. The standard InChI is InChI=1S/C18H31N.C4H12N2.C2H6/c1-4-16-7-10-18(3,15-16)12-14-19-13-11-17(2)8-5-6-9-17;1-3-6-4-5-2;1-2/h5-7,19H,4,8-15H2,1-3H3;5-6H,3-4H2,1-2H3;1-2H3. The van der Waals surface area contributed by atoms with E-state index in [0.29, 0.717) is 10.8 Å². The van der Waals surface area contributed by atoms with Gasteiger partial charge in [-0.1, -0.05) is 65.3 Å². The van der Waals surface area contributed by atoms with Crippen LogP contribution >= 0.6 is 0 Å². The van der Waals surface area contributed by atoms with Gasteiger partial charge in [0.1, 0.15) is 0 Å². The Morgan fingerprint density at radius 1 is 0.889 bits per heavy atom. The molecule has 0 bridgehead atoms. The van der Waals surface area contributed by atoms with Crippen molar-refractivity contribution in [3.8, 4) is 0 Å². The highest BCUT2D eigenvalue weighted by Gasteiger charge is 2.28. The molecule has 1 unspecified atom stereocenters. The maximum Gasteiger partial charge on any atom is 0.0451 e. The monoisotopic (exact) mass is 379 g/mol. The van der Waals surface area contributed by atoms with Gasteiger partial charge >= 0.3 is 0 Å². The lowest BCUT2D eigenvalue weighted by atomic mass is 9.82. The zero-order chi connectivity index (χ0) is 20.6. The maximum absolute atomic E-state index is 3.67. The Labute approximate surface area is 170 Å². The number of allylic oxidation sites excluding steroid dienone is 4. The van der Waals surface area contributed by atoms with Crippen molar-refractivity contribution in [1.82, 2.24) is 16.0 Å². The van der Waals surface area contributed by atoms with Gasteiger partial charge in [-0.2, -0.15) is 0 Å². The molecular formula is C24H49N3. The molecule has 3 heteroatoms. The van der Waals surface area contributed by atoms with Gasteiger partial charge in [-0.25, -0.2) is 0 Å². The Hall–Kier alpha value is -0.640. The van der Waals surface area contributed by atoms with E-state index in [-0.39, 0.29) is 0 Å². The topological polar surface area (TPSA) is 36.1 Å². The van der Waals surface area contributed by atoms with Gasteiger partial charge < -0.3 is 16.0 Å². The predicted molar refractivity (Wildman–Crippen MR) is 123 cm³/mol. The molecule has 3 N–H and O–H groups in total. The summed E-state index contributed by atoms with van der Waals surface area (Å²) in [5, 5.41) is 9.72. The van der Waals surface area contributed by atoms with E-state index in [1.54, 1.807) is 5.57 Å². The molecule has 2 aliphatic carbocycles. The van der Waals surface area contributed by atoms with E-state index in [9.17, 15) is 0 Å². The second-order valence-electron chi connectivity index (χ2n) is 8.48. The first-order valence-corrected chi connectivity index (χ1v) is 11.4. The molecule has 0 heterocycles. The van der Waals surface area contributed by atoms with Crippen molar-refractivity contribution in [3.63, 3.8) is 0 Å². The molecule has 0 saturated heterocycles. The fourth-order valence-corrected chi connectivity index (χ4v) is 3.72. The van der Waals surface area contributed by atoms with Crippen molar-refractivity contribution in [1.29, 1.82) is 0 Å². The van der Waals surface area contributed by atoms with Crippen molar-refractivity contribution >= 4 is 0 Å². The molecular weight excluding hydrogens is 330 g/mol. The summed E-state index contributed by atoms with van der Waals surface area (Å²) in [5.41, 5.74) is 2.75. The van der Waals surface area contributed by atoms with Crippen LogP contribution in [0.4, 0.5) is 0 Å². The first-order valence-electron chi connectivity index (χ1n) is 11.4. The van der Waals surface area contributed by atoms with E-state index >= 15 is 0 Å². The molecule has 2 aliphatic rings. The van der Waals surface area contributed by atoms with Crippen molar-refractivity contribution in [2.24, 2.45) is 10.8 Å². The lowest BCUT2D eigenvalue weighted by Gasteiger charge is -2.26. The second-order valence-corrected chi connectivity index (χ2v) is 8.48. The summed E-state index contributed by atoms with van der Waals surface area (Å²) < 4.78 is 0. The van der Waals surface area contributed by atoms with Crippen molar-refractivity contribution in [2.75, 3.05) is 33.4 Å². The van der Waals surface area contributed by atoms with E-state index in [0.717, 1.165) is 13.2 Å². The number of rotatable bonds is 10. The minimum absolute atomic E-state index is 0.539. The van der Waals surface area contributed by atoms with Crippen LogP contribution in [0.2, 0.25) is 0 Å². The highest BCUT2D eigenvalue weighted by Crippen LogP contribution is 2.40. The Balaban J connectivity index is 0.000000722. The molecule has 160 valence electrons. The highest BCUT2D eigenvalue weighted by atomic mass is 15.0. The fraction of sp³-hybridized carbons (Fsp3) is 0.833. The molecule has 0 aliphatic heterocycles. The first kappa shape index (κ1) is 26.4. The van der Waals surface area contributed by atoms with Crippen molar-refractivity contribution in [2.45, 2.75) is 86.5 Å². The van der Waals surface area contributed by atoms with Crippen LogP contribution in [0.3, 0.4) is 0 Å². The SMILES string of the molecule is CC.CCC1=CCC(C)(CCNCCC2(C)CC=CC2)C1.CCNCNC. The second kappa shape index (κ2) is 15.3. The van der Waals surface area contributed by atoms with E-state index < -0.39 is 0 Å². The number of hydrogen-bond donors (Lipinski definition) is 3. The summed E-state index contributed by atoms with van der Waals surface area (Å²) >= 11 is 0. The lowest BCUT2D eigenvalue weighted by molar-refractivity contribution is 0.290. The maximum atomic E-state index is 3.67. The number of hydrogen-bond acceptors (Lipinski definition) is 3. The Bertz CT molecular complexity index is 402. The molecule has 0 fully saturated rings. The van der Waals surface area contributed by atoms with Crippen LogP contribution < -0.4 is 16.0 Å². The van der Waals surface area contributed by atoms with Gasteiger partial charge in [0, 0.05) is 6.67 Å². The van der Waals surface area contributed by atoms with Crippen LogP contribution in [0, 0.1) is 10.8 Å². The molecule has 3 nitrogen and oxygen atoms in total. The average Bonchev–Trinajstić information content (AvgIpc) is 3.28. The molecule has 0 amide bonds. The van der Waals surface area contributed by atoms with Gasteiger partial charge in [-0.15, -0.1) is 0 Å². The summed E-state index contributed by atoms with van der Waals surface area (Å²) in [6.07, 6.45) is 16.2. The van der Waals surface area contributed by atoms with Gasteiger partial charge in [0.2, 0.25) is 0 Å². The summed E-state index contributed by atoms with van der Waals surface area (Å²) in [7, 11) is 1.92. The lowest BCUT2D eigenvalue weighted by Crippen LogP contribution is -2.27. The summed E-state index contributed by atoms with van der Waals surface area (Å²) in [5.74, 6) is 0. The molecule has 0 aromatic heterocycles. The molecule has 0 saturated carbocycles. The van der Waals surface area contributed by atoms with Crippen molar-refractivity contribution < 1.29 is 0 Å². The van der Waals surface area contributed by atoms with Crippen LogP contribution in [-0.2, 0) is 0 Å². The quantitative estimate of drug-likeness (QED) is 0.261. The van der Waals surface area contributed by atoms with Crippen molar-refractivity contribution in [3.05, 3.63) is 23.8 Å². The minimum atomic E-state index is 0.539. The molecule has 0 radical (unpaired) electrons. The Kier molecular flexibility index (Phi) is 14.9. The third-order valence-corrected chi connectivity index (χ3v) is 5.74. The van der Waals surface area contributed by atoms with E-state index in [2.05, 4.69) is 61.9 Å². The highest BCUT2D eigenvalue weighted by molar-refractivity contribution is 5.13. The summed E-state index contributed by atoms with van der Waals surface area (Å²) in [6.45, 7) is 17.6. The minimum Gasteiger partial charge on any atom is -0.317 e. The third-order valence-electron chi connectivity index (χ3n) is 5.74. The van der Waals surface area contributed by atoms with Gasteiger partial charge in [0.15, 0.2) is 0 Å². The Morgan fingerprint density at radius 2 is 1.48 bits per heavy atom. The Morgan fingerprint density at radius 3 is 1.93 bits per heavy atom. The molecule has 2 rings (SSSR count). The molecule has 27 heavy (non-hydrogen) atoms. The zero-order valence-electron chi connectivity index (χ0n) is 19.5. The smallest absolute Gasteiger partial charge is 0.0451 e. The van der Waals surface area contributed by atoms with E-state index in [1.807, 2.05) is 20.9 Å². The van der Waals surface area contributed by atoms with Crippen LogP contribution in [0.25, 0.3) is 0 Å². The normalized spacial score (nSPS) is 22.6.